The molecule has 0 amide bonds. The Morgan fingerprint density at radius 1 is 1.36 bits per heavy atom. The van der Waals surface area contributed by atoms with Gasteiger partial charge in [-0.05, 0) is 71.3 Å². The summed E-state index contributed by atoms with van der Waals surface area (Å²) in [5, 5.41) is 20.1. The Hall–Kier alpha value is -1.12. The third-order valence-corrected chi connectivity index (χ3v) is 4.33. The highest BCUT2D eigenvalue weighted by Crippen LogP contribution is 2.29. The number of aliphatic hydroxyl groups excluding tert-OH is 1. The molecule has 124 valence electrons. The molecule has 0 heterocycles. The third-order valence-electron chi connectivity index (χ3n) is 4.33. The van der Waals surface area contributed by atoms with Crippen LogP contribution in [-0.4, -0.2) is 21.9 Å². The lowest BCUT2D eigenvalue weighted by atomic mass is 9.84. The largest absolute Gasteiger partial charge is 0.389 e. The Kier molecular flexibility index (Phi) is 7.31. The van der Waals surface area contributed by atoms with Gasteiger partial charge in [-0.15, -0.1) is 0 Å². The number of hydrogen-bond acceptors (Lipinski definition) is 2. The number of hydrogen-bond donors (Lipinski definition) is 2. The van der Waals surface area contributed by atoms with E-state index in [9.17, 15) is 10.2 Å². The van der Waals surface area contributed by atoms with Crippen LogP contribution in [0, 0.1) is 5.92 Å². The van der Waals surface area contributed by atoms with Crippen molar-refractivity contribution in [1.29, 1.82) is 0 Å². The summed E-state index contributed by atoms with van der Waals surface area (Å²) in [7, 11) is 0. The summed E-state index contributed by atoms with van der Waals surface area (Å²) in [5.41, 5.74) is 2.82. The molecule has 2 atom stereocenters. The monoisotopic (exact) mass is 304 g/mol. The highest BCUT2D eigenvalue weighted by atomic mass is 16.3. The van der Waals surface area contributed by atoms with Crippen LogP contribution in [-0.2, 0) is 0 Å². The van der Waals surface area contributed by atoms with Crippen LogP contribution in [0.15, 0.2) is 47.6 Å². The van der Waals surface area contributed by atoms with Crippen LogP contribution in [0.1, 0.15) is 59.8 Å². The Balaban J connectivity index is 2.85. The smallest absolute Gasteiger partial charge is 0.0774 e. The second kappa shape index (κ2) is 8.50. The Morgan fingerprint density at radius 3 is 2.68 bits per heavy atom. The van der Waals surface area contributed by atoms with Gasteiger partial charge in [-0.25, -0.2) is 0 Å². The molecule has 0 radical (unpaired) electrons. The fourth-order valence-electron chi connectivity index (χ4n) is 2.71. The molecule has 2 N–H and O–H groups in total. The maximum Gasteiger partial charge on any atom is 0.0774 e. The minimum absolute atomic E-state index is 0.347. The predicted octanol–water partition coefficient (Wildman–Crippen LogP) is 4.70. The first-order chi connectivity index (χ1) is 10.2. The topological polar surface area (TPSA) is 40.5 Å². The molecule has 22 heavy (non-hydrogen) atoms. The summed E-state index contributed by atoms with van der Waals surface area (Å²) >= 11 is 0. The van der Waals surface area contributed by atoms with Gasteiger partial charge in [0.1, 0.15) is 0 Å². The summed E-state index contributed by atoms with van der Waals surface area (Å²) < 4.78 is 0. The van der Waals surface area contributed by atoms with Crippen LogP contribution in [0.3, 0.4) is 0 Å². The summed E-state index contributed by atoms with van der Waals surface area (Å²) in [6.07, 6.45) is 12.3. The Morgan fingerprint density at radius 2 is 2.05 bits per heavy atom. The SMILES string of the molecule is C=C1CC/C=C(\C)CC[C@H](/C(C)=C/C=C/C(C)(C)O)C[C@H]1O. The van der Waals surface area contributed by atoms with Crippen molar-refractivity contribution in [1.82, 2.24) is 0 Å². The van der Waals surface area contributed by atoms with E-state index in [0.717, 1.165) is 37.7 Å². The maximum atomic E-state index is 10.3. The average Bonchev–Trinajstić information content (AvgIpc) is 2.40. The lowest BCUT2D eigenvalue weighted by Crippen LogP contribution is -2.17. The van der Waals surface area contributed by atoms with E-state index in [-0.39, 0.29) is 0 Å². The summed E-state index contributed by atoms with van der Waals surface area (Å²) in [6, 6.07) is 0. The minimum atomic E-state index is -0.791. The first-order valence-corrected chi connectivity index (χ1v) is 8.29. The lowest BCUT2D eigenvalue weighted by Gasteiger charge is -2.24. The van der Waals surface area contributed by atoms with Crippen molar-refractivity contribution >= 4 is 0 Å². The van der Waals surface area contributed by atoms with E-state index in [2.05, 4.69) is 32.6 Å². The van der Waals surface area contributed by atoms with Gasteiger partial charge in [0.05, 0.1) is 11.7 Å². The van der Waals surface area contributed by atoms with Crippen LogP contribution in [0.25, 0.3) is 0 Å². The zero-order chi connectivity index (χ0) is 16.8. The summed E-state index contributed by atoms with van der Waals surface area (Å²) in [4.78, 5) is 0. The van der Waals surface area contributed by atoms with Gasteiger partial charge in [-0.1, -0.05) is 42.0 Å². The molecule has 1 aliphatic carbocycles. The quantitative estimate of drug-likeness (QED) is 0.586. The molecule has 0 fully saturated rings. The van der Waals surface area contributed by atoms with Crippen LogP contribution < -0.4 is 0 Å². The van der Waals surface area contributed by atoms with E-state index in [1.54, 1.807) is 19.9 Å². The zero-order valence-electron chi connectivity index (χ0n) is 14.6. The van der Waals surface area contributed by atoms with Gasteiger partial charge in [-0.2, -0.15) is 0 Å². The van der Waals surface area contributed by atoms with E-state index in [1.807, 2.05) is 6.08 Å². The third kappa shape index (κ3) is 7.24. The molecule has 0 bridgehead atoms. The van der Waals surface area contributed by atoms with Gasteiger partial charge in [0.15, 0.2) is 0 Å². The van der Waals surface area contributed by atoms with Gasteiger partial charge in [0, 0.05) is 0 Å². The molecule has 0 spiro atoms. The van der Waals surface area contributed by atoms with Gasteiger partial charge in [0.25, 0.3) is 0 Å². The van der Waals surface area contributed by atoms with Crippen molar-refractivity contribution < 1.29 is 10.2 Å². The predicted molar refractivity (Wildman–Crippen MR) is 94.7 cm³/mol. The van der Waals surface area contributed by atoms with Gasteiger partial charge < -0.3 is 10.2 Å². The normalized spacial score (nSPS) is 28.5. The molecular formula is C20H32O2. The molecule has 2 nitrogen and oxygen atoms in total. The highest BCUT2D eigenvalue weighted by molar-refractivity contribution is 5.18. The van der Waals surface area contributed by atoms with Gasteiger partial charge in [0.2, 0.25) is 0 Å². The van der Waals surface area contributed by atoms with Gasteiger partial charge >= 0.3 is 0 Å². The van der Waals surface area contributed by atoms with Crippen LogP contribution in [0.5, 0.6) is 0 Å². The second-order valence-corrected chi connectivity index (χ2v) is 7.16. The first-order valence-electron chi connectivity index (χ1n) is 8.29. The molecule has 0 aliphatic heterocycles. The molecule has 0 saturated heterocycles. The Labute approximate surface area is 135 Å². The van der Waals surface area contributed by atoms with E-state index >= 15 is 0 Å². The molecule has 2 heteroatoms. The highest BCUT2D eigenvalue weighted by Gasteiger charge is 2.19. The first kappa shape index (κ1) is 18.9. The van der Waals surface area contributed by atoms with Crippen molar-refractivity contribution in [2.75, 3.05) is 0 Å². The number of aliphatic hydroxyl groups is 2. The fraction of sp³-hybridized carbons (Fsp3) is 0.600. The van der Waals surface area contributed by atoms with E-state index in [4.69, 9.17) is 0 Å². The second-order valence-electron chi connectivity index (χ2n) is 7.16. The molecule has 1 rings (SSSR count). The lowest BCUT2D eigenvalue weighted by molar-refractivity contribution is 0.133. The molecule has 0 aromatic rings. The number of allylic oxidation sites excluding steroid dienone is 5. The molecule has 1 aliphatic rings. The number of rotatable bonds is 3. The van der Waals surface area contributed by atoms with Crippen LogP contribution in [0.2, 0.25) is 0 Å². The molecule has 0 unspecified atom stereocenters. The van der Waals surface area contributed by atoms with Gasteiger partial charge in [-0.3, -0.25) is 0 Å². The fourth-order valence-corrected chi connectivity index (χ4v) is 2.71. The molecular weight excluding hydrogens is 272 g/mol. The minimum Gasteiger partial charge on any atom is -0.389 e. The summed E-state index contributed by atoms with van der Waals surface area (Å²) in [5.74, 6) is 0.347. The maximum absolute atomic E-state index is 10.3. The van der Waals surface area contributed by atoms with Crippen LogP contribution >= 0.6 is 0 Å². The molecule has 0 aromatic heterocycles. The summed E-state index contributed by atoms with van der Waals surface area (Å²) in [6.45, 7) is 11.9. The Bertz CT molecular complexity index is 461. The van der Waals surface area contributed by atoms with E-state index in [0.29, 0.717) is 5.92 Å². The van der Waals surface area contributed by atoms with Crippen LogP contribution in [0.4, 0.5) is 0 Å². The zero-order valence-corrected chi connectivity index (χ0v) is 14.6. The van der Waals surface area contributed by atoms with E-state index < -0.39 is 11.7 Å². The average molecular weight is 304 g/mol. The van der Waals surface area contributed by atoms with Crippen molar-refractivity contribution in [3.63, 3.8) is 0 Å². The molecule has 0 aromatic carbocycles. The van der Waals surface area contributed by atoms with Crippen molar-refractivity contribution in [2.45, 2.75) is 71.5 Å². The standard InChI is InChI=1S/C20H32O2/c1-15-8-6-9-17(3)19(21)14-18(12-11-15)16(2)10-7-13-20(4,5)22/h7-8,10,13,18-19,21-22H,3,6,9,11-12,14H2,1-2,4-5H3/b13-7+,15-8+,16-10+/t18-,19+/m0/s1. The van der Waals surface area contributed by atoms with Crippen molar-refractivity contribution in [2.24, 2.45) is 5.92 Å². The molecule has 0 saturated carbocycles. The van der Waals surface area contributed by atoms with Crippen molar-refractivity contribution in [3.8, 4) is 0 Å². The van der Waals surface area contributed by atoms with Crippen molar-refractivity contribution in [3.05, 3.63) is 47.6 Å². The van der Waals surface area contributed by atoms with E-state index in [1.165, 1.54) is 11.1 Å².